The molecule has 0 aromatic carbocycles. The normalized spacial score (nSPS) is 23.9. The molecule has 12 heavy (non-hydrogen) atoms. The Kier molecular flexibility index (Phi) is 4.33. The Morgan fingerprint density at radius 1 is 1.67 bits per heavy atom. The molecular formula is C10H19NO. The molecule has 1 N–H and O–H groups in total. The van der Waals surface area contributed by atoms with Crippen LogP contribution in [0.5, 0.6) is 0 Å². The molecule has 2 heteroatoms. The van der Waals surface area contributed by atoms with Crippen molar-refractivity contribution < 1.29 is 4.74 Å². The maximum atomic E-state index is 5.38. The molecule has 0 saturated carbocycles. The molecule has 0 radical (unpaired) electrons. The van der Waals surface area contributed by atoms with E-state index in [9.17, 15) is 0 Å². The minimum atomic E-state index is 0.720. The summed E-state index contributed by atoms with van der Waals surface area (Å²) in [5.41, 5.74) is 1.20. The van der Waals surface area contributed by atoms with Gasteiger partial charge in [-0.3, -0.25) is 0 Å². The molecule has 1 aliphatic rings. The average molecular weight is 169 g/mol. The standard InChI is InChI=1S/C10H19NO/c1-9(2)6-11-7-10-4-3-5-12-8-10/h10-11H,1,3-8H2,2H3. The van der Waals surface area contributed by atoms with Gasteiger partial charge in [0.25, 0.3) is 0 Å². The zero-order valence-corrected chi connectivity index (χ0v) is 7.94. The Balaban J connectivity index is 2.01. The van der Waals surface area contributed by atoms with Crippen LogP contribution in [-0.4, -0.2) is 26.3 Å². The first-order valence-corrected chi connectivity index (χ1v) is 4.72. The zero-order chi connectivity index (χ0) is 8.81. The molecule has 0 bridgehead atoms. The average Bonchev–Trinajstić information content (AvgIpc) is 2.05. The number of nitrogens with one attached hydrogen (secondary N) is 1. The second-order valence-corrected chi connectivity index (χ2v) is 3.67. The Labute approximate surface area is 75.0 Å². The molecule has 0 spiro atoms. The van der Waals surface area contributed by atoms with Crippen molar-refractivity contribution in [1.29, 1.82) is 0 Å². The van der Waals surface area contributed by atoms with Crippen LogP contribution in [0.3, 0.4) is 0 Å². The van der Waals surface area contributed by atoms with E-state index >= 15 is 0 Å². The molecule has 1 unspecified atom stereocenters. The number of hydrogen-bond donors (Lipinski definition) is 1. The van der Waals surface area contributed by atoms with Gasteiger partial charge in [-0.05, 0) is 25.7 Å². The fourth-order valence-corrected chi connectivity index (χ4v) is 1.46. The quantitative estimate of drug-likeness (QED) is 0.645. The van der Waals surface area contributed by atoms with Gasteiger partial charge in [0.05, 0.1) is 6.61 Å². The Hall–Kier alpha value is -0.340. The second kappa shape index (κ2) is 5.33. The minimum Gasteiger partial charge on any atom is -0.381 e. The van der Waals surface area contributed by atoms with Crippen LogP contribution < -0.4 is 5.32 Å². The van der Waals surface area contributed by atoms with Gasteiger partial charge in [-0.1, -0.05) is 12.2 Å². The van der Waals surface area contributed by atoms with Gasteiger partial charge in [0.2, 0.25) is 0 Å². The van der Waals surface area contributed by atoms with Crippen LogP contribution in [0.15, 0.2) is 12.2 Å². The van der Waals surface area contributed by atoms with Crippen LogP contribution in [0.1, 0.15) is 19.8 Å². The summed E-state index contributed by atoms with van der Waals surface area (Å²) in [6, 6.07) is 0. The topological polar surface area (TPSA) is 21.3 Å². The van der Waals surface area contributed by atoms with Crippen LogP contribution in [0.25, 0.3) is 0 Å². The largest absolute Gasteiger partial charge is 0.381 e. The van der Waals surface area contributed by atoms with E-state index in [2.05, 4.69) is 11.9 Å². The summed E-state index contributed by atoms with van der Waals surface area (Å²) < 4.78 is 5.38. The van der Waals surface area contributed by atoms with Gasteiger partial charge in [-0.15, -0.1) is 0 Å². The molecule has 0 amide bonds. The Morgan fingerprint density at radius 3 is 3.08 bits per heavy atom. The highest BCUT2D eigenvalue weighted by molar-refractivity contribution is 4.90. The molecule has 1 fully saturated rings. The molecule has 0 aromatic rings. The highest BCUT2D eigenvalue weighted by Gasteiger charge is 2.12. The fourth-order valence-electron chi connectivity index (χ4n) is 1.46. The van der Waals surface area contributed by atoms with Crippen LogP contribution in [-0.2, 0) is 4.74 Å². The molecule has 70 valence electrons. The molecule has 1 heterocycles. The first-order valence-electron chi connectivity index (χ1n) is 4.72. The molecular weight excluding hydrogens is 150 g/mol. The zero-order valence-electron chi connectivity index (χ0n) is 7.94. The highest BCUT2D eigenvalue weighted by Crippen LogP contribution is 2.11. The van der Waals surface area contributed by atoms with Crippen molar-refractivity contribution in [3.63, 3.8) is 0 Å². The van der Waals surface area contributed by atoms with Crippen LogP contribution >= 0.6 is 0 Å². The van der Waals surface area contributed by atoms with Crippen molar-refractivity contribution in [2.75, 3.05) is 26.3 Å². The maximum absolute atomic E-state index is 5.38. The lowest BCUT2D eigenvalue weighted by molar-refractivity contribution is 0.0551. The number of hydrogen-bond acceptors (Lipinski definition) is 2. The van der Waals surface area contributed by atoms with Crippen molar-refractivity contribution in [1.82, 2.24) is 5.32 Å². The summed E-state index contributed by atoms with van der Waals surface area (Å²) in [5, 5.41) is 3.38. The van der Waals surface area contributed by atoms with Gasteiger partial charge in [-0.25, -0.2) is 0 Å². The van der Waals surface area contributed by atoms with E-state index in [0.717, 1.165) is 32.2 Å². The van der Waals surface area contributed by atoms with Crippen molar-refractivity contribution in [2.24, 2.45) is 5.92 Å². The number of ether oxygens (including phenoxy) is 1. The van der Waals surface area contributed by atoms with Gasteiger partial charge in [0.1, 0.15) is 0 Å². The van der Waals surface area contributed by atoms with E-state index in [-0.39, 0.29) is 0 Å². The SMILES string of the molecule is C=C(C)CNCC1CCCOC1. The third-order valence-corrected chi connectivity index (χ3v) is 2.11. The summed E-state index contributed by atoms with van der Waals surface area (Å²) in [6.45, 7) is 9.80. The summed E-state index contributed by atoms with van der Waals surface area (Å²) in [7, 11) is 0. The van der Waals surface area contributed by atoms with Crippen molar-refractivity contribution >= 4 is 0 Å². The van der Waals surface area contributed by atoms with Crippen molar-refractivity contribution in [3.8, 4) is 0 Å². The van der Waals surface area contributed by atoms with Gasteiger partial charge in [0.15, 0.2) is 0 Å². The van der Waals surface area contributed by atoms with Gasteiger partial charge >= 0.3 is 0 Å². The van der Waals surface area contributed by atoms with E-state index in [0.29, 0.717) is 0 Å². The molecule has 0 aromatic heterocycles. The lowest BCUT2D eigenvalue weighted by Gasteiger charge is -2.22. The molecule has 1 aliphatic heterocycles. The van der Waals surface area contributed by atoms with Crippen molar-refractivity contribution in [3.05, 3.63) is 12.2 Å². The van der Waals surface area contributed by atoms with Crippen molar-refractivity contribution in [2.45, 2.75) is 19.8 Å². The molecule has 1 saturated heterocycles. The third-order valence-electron chi connectivity index (χ3n) is 2.11. The van der Waals surface area contributed by atoms with E-state index in [4.69, 9.17) is 4.74 Å². The fraction of sp³-hybridized carbons (Fsp3) is 0.800. The van der Waals surface area contributed by atoms with E-state index in [1.165, 1.54) is 18.4 Å². The third kappa shape index (κ3) is 3.88. The molecule has 2 nitrogen and oxygen atoms in total. The molecule has 1 rings (SSSR count). The van der Waals surface area contributed by atoms with Gasteiger partial charge in [-0.2, -0.15) is 0 Å². The van der Waals surface area contributed by atoms with Gasteiger partial charge < -0.3 is 10.1 Å². The second-order valence-electron chi connectivity index (χ2n) is 3.67. The maximum Gasteiger partial charge on any atom is 0.0506 e. The predicted octanol–water partition coefficient (Wildman–Crippen LogP) is 1.58. The summed E-state index contributed by atoms with van der Waals surface area (Å²) in [5.74, 6) is 0.720. The van der Waals surface area contributed by atoms with Gasteiger partial charge in [0, 0.05) is 19.7 Å². The van der Waals surface area contributed by atoms with E-state index < -0.39 is 0 Å². The first-order chi connectivity index (χ1) is 5.79. The van der Waals surface area contributed by atoms with Crippen LogP contribution in [0, 0.1) is 5.92 Å². The highest BCUT2D eigenvalue weighted by atomic mass is 16.5. The predicted molar refractivity (Wildman–Crippen MR) is 51.2 cm³/mol. The Bertz CT molecular complexity index is 139. The number of rotatable bonds is 4. The van der Waals surface area contributed by atoms with E-state index in [1.807, 2.05) is 6.92 Å². The Morgan fingerprint density at radius 2 is 2.50 bits per heavy atom. The lowest BCUT2D eigenvalue weighted by atomic mass is 10.0. The molecule has 0 aliphatic carbocycles. The summed E-state index contributed by atoms with van der Waals surface area (Å²) >= 11 is 0. The van der Waals surface area contributed by atoms with Crippen LogP contribution in [0.2, 0.25) is 0 Å². The summed E-state index contributed by atoms with van der Waals surface area (Å²) in [6.07, 6.45) is 2.53. The minimum absolute atomic E-state index is 0.720. The first kappa shape index (κ1) is 9.75. The molecule has 1 atom stereocenters. The lowest BCUT2D eigenvalue weighted by Crippen LogP contribution is -2.29. The monoisotopic (exact) mass is 169 g/mol. The van der Waals surface area contributed by atoms with Crippen LogP contribution in [0.4, 0.5) is 0 Å². The smallest absolute Gasteiger partial charge is 0.0506 e. The van der Waals surface area contributed by atoms with E-state index in [1.54, 1.807) is 0 Å². The summed E-state index contributed by atoms with van der Waals surface area (Å²) in [4.78, 5) is 0.